The summed E-state index contributed by atoms with van der Waals surface area (Å²) in [5.41, 5.74) is 4.90. The first-order valence-corrected chi connectivity index (χ1v) is 5.18. The highest BCUT2D eigenvalue weighted by molar-refractivity contribution is 5.32. The summed E-state index contributed by atoms with van der Waals surface area (Å²) in [6.45, 7) is 10.1. The van der Waals surface area contributed by atoms with Crippen LogP contribution >= 0.6 is 0 Å². The van der Waals surface area contributed by atoms with Gasteiger partial charge in [0, 0.05) is 0 Å². The molecule has 0 bridgehead atoms. The molecule has 0 spiro atoms. The van der Waals surface area contributed by atoms with Crippen LogP contribution in [0.2, 0.25) is 0 Å². The van der Waals surface area contributed by atoms with Gasteiger partial charge in [-0.2, -0.15) is 0 Å². The number of hydrogen-bond donors (Lipinski definition) is 1. The highest BCUT2D eigenvalue weighted by Gasteiger charge is 2.25. The second-order valence-electron chi connectivity index (χ2n) is 3.89. The lowest BCUT2D eigenvalue weighted by Gasteiger charge is -2.27. The predicted molar refractivity (Wildman–Crippen MR) is 64.1 cm³/mol. The van der Waals surface area contributed by atoms with Crippen LogP contribution in [-0.2, 0) is 4.74 Å². The number of hydrogen-bond acceptors (Lipinski definition) is 4. The zero-order valence-electron chi connectivity index (χ0n) is 9.99. The van der Waals surface area contributed by atoms with Crippen molar-refractivity contribution in [3.05, 3.63) is 30.7 Å². The fourth-order valence-electron chi connectivity index (χ4n) is 1.15. The molecule has 0 aliphatic carbocycles. The van der Waals surface area contributed by atoms with Crippen LogP contribution in [0.3, 0.4) is 0 Å². The van der Waals surface area contributed by atoms with Crippen LogP contribution in [0.4, 0.5) is 5.82 Å². The van der Waals surface area contributed by atoms with E-state index in [0.717, 1.165) is 0 Å². The first kappa shape index (κ1) is 12.4. The van der Waals surface area contributed by atoms with Crippen LogP contribution in [0.1, 0.15) is 20.8 Å². The zero-order chi connectivity index (χ0) is 12.2. The molecule has 2 N–H and O–H groups in total. The quantitative estimate of drug-likeness (QED) is 0.777. The van der Waals surface area contributed by atoms with E-state index in [4.69, 9.17) is 15.2 Å². The summed E-state index contributed by atoms with van der Waals surface area (Å²) >= 11 is 0. The largest absolute Gasteiger partial charge is 0.495 e. The number of pyridine rings is 1. The molecule has 1 heterocycles. The number of rotatable bonds is 5. The van der Waals surface area contributed by atoms with E-state index >= 15 is 0 Å². The maximum absolute atomic E-state index is 5.73. The Hall–Kier alpha value is -1.71. The monoisotopic (exact) mass is 222 g/mol. The number of nitrogen functional groups attached to an aromatic ring is 1. The molecule has 0 saturated carbocycles. The normalized spacial score (nSPS) is 10.9. The second kappa shape index (κ2) is 4.88. The molecule has 1 aromatic rings. The molecular weight excluding hydrogens is 204 g/mol. The van der Waals surface area contributed by atoms with E-state index in [1.165, 1.54) is 0 Å². The van der Waals surface area contributed by atoms with Crippen molar-refractivity contribution in [3.8, 4) is 5.75 Å². The number of nitrogens with zero attached hydrogens (tertiary/aromatic N) is 1. The SMILES string of the molecule is C=C(OCC)C(C)(C)Oc1ccc(N)nc1. The Morgan fingerprint density at radius 3 is 2.69 bits per heavy atom. The van der Waals surface area contributed by atoms with Gasteiger partial charge in [-0.05, 0) is 32.9 Å². The Morgan fingerprint density at radius 1 is 1.50 bits per heavy atom. The number of anilines is 1. The van der Waals surface area contributed by atoms with Crippen LogP contribution in [0.25, 0.3) is 0 Å². The molecule has 4 heteroatoms. The fourth-order valence-corrected chi connectivity index (χ4v) is 1.15. The molecule has 0 atom stereocenters. The van der Waals surface area contributed by atoms with Gasteiger partial charge in [0.1, 0.15) is 17.3 Å². The summed E-state index contributed by atoms with van der Waals surface area (Å²) in [7, 11) is 0. The van der Waals surface area contributed by atoms with Crippen molar-refractivity contribution in [2.24, 2.45) is 0 Å². The molecule has 0 radical (unpaired) electrons. The summed E-state index contributed by atoms with van der Waals surface area (Å²) in [6.07, 6.45) is 1.58. The van der Waals surface area contributed by atoms with E-state index in [9.17, 15) is 0 Å². The van der Waals surface area contributed by atoms with Gasteiger partial charge < -0.3 is 15.2 Å². The molecule has 0 fully saturated rings. The third kappa shape index (κ3) is 3.15. The van der Waals surface area contributed by atoms with Crippen LogP contribution in [0.15, 0.2) is 30.7 Å². The Bertz CT molecular complexity index is 358. The van der Waals surface area contributed by atoms with Gasteiger partial charge in [-0.3, -0.25) is 0 Å². The van der Waals surface area contributed by atoms with Crippen LogP contribution < -0.4 is 10.5 Å². The highest BCUT2D eigenvalue weighted by Crippen LogP contribution is 2.24. The lowest BCUT2D eigenvalue weighted by atomic mass is 10.1. The van der Waals surface area contributed by atoms with E-state index in [-0.39, 0.29) is 0 Å². The zero-order valence-corrected chi connectivity index (χ0v) is 9.99. The Morgan fingerprint density at radius 2 is 2.19 bits per heavy atom. The van der Waals surface area contributed by atoms with Gasteiger partial charge in [-0.15, -0.1) is 0 Å². The van der Waals surface area contributed by atoms with E-state index in [1.807, 2.05) is 20.8 Å². The van der Waals surface area contributed by atoms with Crippen molar-refractivity contribution in [2.75, 3.05) is 12.3 Å². The van der Waals surface area contributed by atoms with Crippen LogP contribution in [0, 0.1) is 0 Å². The number of ether oxygens (including phenoxy) is 2. The van der Waals surface area contributed by atoms with Crippen molar-refractivity contribution < 1.29 is 9.47 Å². The molecule has 1 aromatic heterocycles. The molecule has 0 aliphatic heterocycles. The first-order valence-electron chi connectivity index (χ1n) is 5.18. The fraction of sp³-hybridized carbons (Fsp3) is 0.417. The minimum atomic E-state index is -0.589. The summed E-state index contributed by atoms with van der Waals surface area (Å²) in [4.78, 5) is 3.95. The molecule has 4 nitrogen and oxygen atoms in total. The van der Waals surface area contributed by atoms with Crippen LogP contribution in [0.5, 0.6) is 5.75 Å². The molecule has 0 aliphatic rings. The number of nitrogens with two attached hydrogens (primary N) is 1. The van der Waals surface area contributed by atoms with Crippen LogP contribution in [-0.4, -0.2) is 17.2 Å². The Kier molecular flexibility index (Phi) is 3.77. The van der Waals surface area contributed by atoms with Crippen molar-refractivity contribution >= 4 is 5.82 Å². The van der Waals surface area contributed by atoms with Gasteiger partial charge in [0.2, 0.25) is 0 Å². The maximum Gasteiger partial charge on any atom is 0.159 e. The van der Waals surface area contributed by atoms with Gasteiger partial charge in [0.25, 0.3) is 0 Å². The third-order valence-electron chi connectivity index (χ3n) is 2.12. The standard InChI is InChI=1S/C12H18N2O2/c1-5-15-9(2)12(3,4)16-10-6-7-11(13)14-8-10/h6-8H,2,5H2,1,3-4H3,(H2,13,14). The lowest BCUT2D eigenvalue weighted by Crippen LogP contribution is -2.31. The van der Waals surface area contributed by atoms with Crippen molar-refractivity contribution in [3.63, 3.8) is 0 Å². The topological polar surface area (TPSA) is 57.4 Å². The molecule has 0 aromatic carbocycles. The molecule has 16 heavy (non-hydrogen) atoms. The van der Waals surface area contributed by atoms with Gasteiger partial charge >= 0.3 is 0 Å². The molecule has 0 amide bonds. The minimum absolute atomic E-state index is 0.466. The van der Waals surface area contributed by atoms with Crippen molar-refractivity contribution in [1.82, 2.24) is 4.98 Å². The highest BCUT2D eigenvalue weighted by atomic mass is 16.5. The summed E-state index contributed by atoms with van der Waals surface area (Å²) in [6, 6.07) is 3.46. The Balaban J connectivity index is 2.72. The number of aromatic nitrogens is 1. The smallest absolute Gasteiger partial charge is 0.159 e. The molecular formula is C12H18N2O2. The lowest BCUT2D eigenvalue weighted by molar-refractivity contribution is 0.0640. The van der Waals surface area contributed by atoms with Crippen molar-refractivity contribution in [1.29, 1.82) is 0 Å². The molecule has 0 saturated heterocycles. The van der Waals surface area contributed by atoms with Gasteiger partial charge in [0.05, 0.1) is 12.8 Å². The van der Waals surface area contributed by atoms with Gasteiger partial charge in [0.15, 0.2) is 5.60 Å². The second-order valence-corrected chi connectivity index (χ2v) is 3.89. The van der Waals surface area contributed by atoms with Gasteiger partial charge in [-0.1, -0.05) is 6.58 Å². The summed E-state index contributed by atoms with van der Waals surface area (Å²) in [5, 5.41) is 0. The van der Waals surface area contributed by atoms with E-state index in [2.05, 4.69) is 11.6 Å². The Labute approximate surface area is 96.1 Å². The minimum Gasteiger partial charge on any atom is -0.495 e. The maximum atomic E-state index is 5.73. The predicted octanol–water partition coefficient (Wildman–Crippen LogP) is 2.37. The van der Waals surface area contributed by atoms with E-state index in [1.54, 1.807) is 18.3 Å². The van der Waals surface area contributed by atoms with E-state index in [0.29, 0.717) is 23.9 Å². The average Bonchev–Trinajstić information content (AvgIpc) is 2.21. The first-order chi connectivity index (χ1) is 7.45. The summed E-state index contributed by atoms with van der Waals surface area (Å²) in [5.74, 6) is 1.70. The van der Waals surface area contributed by atoms with Crippen molar-refractivity contribution in [2.45, 2.75) is 26.4 Å². The van der Waals surface area contributed by atoms with Gasteiger partial charge in [-0.25, -0.2) is 4.98 Å². The molecule has 88 valence electrons. The molecule has 0 unspecified atom stereocenters. The van der Waals surface area contributed by atoms with E-state index < -0.39 is 5.60 Å². The average molecular weight is 222 g/mol. The molecule has 1 rings (SSSR count). The third-order valence-corrected chi connectivity index (χ3v) is 2.12. The summed E-state index contributed by atoms with van der Waals surface area (Å²) < 4.78 is 11.1.